The van der Waals surface area contributed by atoms with Crippen molar-refractivity contribution in [2.24, 2.45) is 0 Å². The molecule has 0 spiro atoms. The minimum atomic E-state index is -4.67. The second-order valence-electron chi connectivity index (χ2n) is 6.22. The van der Waals surface area contributed by atoms with Gasteiger partial charge in [0.15, 0.2) is 0 Å². The number of rotatable bonds is 6. The summed E-state index contributed by atoms with van der Waals surface area (Å²) >= 11 is 1.43. The fourth-order valence-electron chi connectivity index (χ4n) is 2.66. The molecule has 0 aliphatic heterocycles. The van der Waals surface area contributed by atoms with Gasteiger partial charge in [0.2, 0.25) is 0 Å². The highest BCUT2D eigenvalue weighted by Gasteiger charge is 2.31. The zero-order chi connectivity index (χ0) is 21.7. The van der Waals surface area contributed by atoms with Gasteiger partial charge in [-0.2, -0.15) is 18.4 Å². The lowest BCUT2D eigenvalue weighted by molar-refractivity contribution is -0.138. The molecule has 30 heavy (non-hydrogen) atoms. The molecule has 3 rings (SSSR count). The Labute approximate surface area is 174 Å². The van der Waals surface area contributed by atoms with Crippen LogP contribution in [-0.2, 0) is 17.4 Å². The van der Waals surface area contributed by atoms with Crippen molar-refractivity contribution in [2.75, 3.05) is 0 Å². The van der Waals surface area contributed by atoms with Gasteiger partial charge in [0, 0.05) is 9.79 Å². The molecule has 0 aliphatic carbocycles. The van der Waals surface area contributed by atoms with Gasteiger partial charge >= 0.3 is 12.1 Å². The van der Waals surface area contributed by atoms with Gasteiger partial charge in [0.05, 0.1) is 17.5 Å². The molecule has 0 unspecified atom stereocenters. The number of nitrogens with zero attached hydrogens (tertiary/aromatic N) is 1. The maximum Gasteiger partial charge on any atom is 0.416 e. The molecule has 0 atom stereocenters. The zero-order valence-electron chi connectivity index (χ0n) is 15.3. The van der Waals surface area contributed by atoms with E-state index in [0.717, 1.165) is 21.9 Å². The number of carboxylic acid groups (broad SMARTS) is 1. The monoisotopic (exact) mass is 429 g/mol. The first kappa shape index (κ1) is 21.3. The van der Waals surface area contributed by atoms with Gasteiger partial charge in [-0.25, -0.2) is 0 Å². The third kappa shape index (κ3) is 5.55. The highest BCUT2D eigenvalue weighted by atomic mass is 32.2. The molecule has 0 heterocycles. The van der Waals surface area contributed by atoms with Crippen molar-refractivity contribution < 1.29 is 27.8 Å². The van der Waals surface area contributed by atoms with E-state index in [1.807, 2.05) is 36.4 Å². The summed E-state index contributed by atoms with van der Waals surface area (Å²) in [5, 5.41) is 18.4. The molecular weight excluding hydrogens is 415 g/mol. The summed E-state index contributed by atoms with van der Waals surface area (Å²) in [7, 11) is 0. The maximum atomic E-state index is 13.2. The Morgan fingerprint density at radius 1 is 1.03 bits per heavy atom. The van der Waals surface area contributed by atoms with Gasteiger partial charge in [0.25, 0.3) is 0 Å². The van der Waals surface area contributed by atoms with Crippen molar-refractivity contribution in [3.05, 3.63) is 83.4 Å². The molecule has 8 heteroatoms. The van der Waals surface area contributed by atoms with Crippen LogP contribution in [-0.4, -0.2) is 11.1 Å². The number of halogens is 3. The normalized spacial score (nSPS) is 11.0. The summed E-state index contributed by atoms with van der Waals surface area (Å²) < 4.78 is 45.1. The van der Waals surface area contributed by atoms with Gasteiger partial charge in [0.1, 0.15) is 17.6 Å². The van der Waals surface area contributed by atoms with Crippen LogP contribution in [0.15, 0.2) is 76.5 Å². The highest BCUT2D eigenvalue weighted by molar-refractivity contribution is 7.99. The topological polar surface area (TPSA) is 70.3 Å². The number of aliphatic carboxylic acids is 1. The fourth-order valence-corrected chi connectivity index (χ4v) is 3.54. The van der Waals surface area contributed by atoms with E-state index in [0.29, 0.717) is 0 Å². The Morgan fingerprint density at radius 3 is 2.40 bits per heavy atom. The van der Waals surface area contributed by atoms with E-state index in [2.05, 4.69) is 0 Å². The molecule has 0 radical (unpaired) electrons. The van der Waals surface area contributed by atoms with Crippen LogP contribution in [0, 0.1) is 11.3 Å². The van der Waals surface area contributed by atoms with Crippen LogP contribution in [0.1, 0.15) is 16.7 Å². The van der Waals surface area contributed by atoms with E-state index in [-0.39, 0.29) is 22.6 Å². The Balaban J connectivity index is 1.91. The van der Waals surface area contributed by atoms with Crippen LogP contribution in [0.4, 0.5) is 13.2 Å². The van der Waals surface area contributed by atoms with E-state index < -0.39 is 24.1 Å². The maximum absolute atomic E-state index is 13.2. The molecule has 1 N–H and O–H groups in total. The lowest BCUT2D eigenvalue weighted by Crippen LogP contribution is -2.08. The number of ether oxygens (including phenoxy) is 1. The fraction of sp³-hybridized carbons (Fsp3) is 0.0909. The molecule has 0 fully saturated rings. The van der Waals surface area contributed by atoms with E-state index in [1.165, 1.54) is 23.9 Å². The number of hydrogen-bond acceptors (Lipinski definition) is 4. The number of carboxylic acids is 1. The summed E-state index contributed by atoms with van der Waals surface area (Å²) in [4.78, 5) is 12.6. The van der Waals surface area contributed by atoms with Gasteiger partial charge in [-0.1, -0.05) is 30.0 Å². The molecule has 0 aromatic heterocycles. The highest BCUT2D eigenvalue weighted by Crippen LogP contribution is 2.36. The summed E-state index contributed by atoms with van der Waals surface area (Å²) in [5.41, 5.74) is -0.929. The molecule has 3 aromatic rings. The Kier molecular flexibility index (Phi) is 6.33. The second-order valence-corrected chi connectivity index (χ2v) is 7.37. The molecule has 152 valence electrons. The standard InChI is InChI=1S/C22H14F3NO3S/c23-22(24,25)16-8-14(10-21(27)28)9-17(12-16)29-20-7-6-19(11-15(20)13-26)30-18-4-2-1-3-5-18/h1-9,11-12H,10H2,(H,27,28). The first-order valence-electron chi connectivity index (χ1n) is 8.62. The lowest BCUT2D eigenvalue weighted by Gasteiger charge is -2.13. The molecule has 0 saturated heterocycles. The van der Waals surface area contributed by atoms with E-state index >= 15 is 0 Å². The molecular formula is C22H14F3NO3S. The van der Waals surface area contributed by atoms with Gasteiger partial charge in [-0.15, -0.1) is 0 Å². The van der Waals surface area contributed by atoms with Crippen LogP contribution in [0.2, 0.25) is 0 Å². The lowest BCUT2D eigenvalue weighted by atomic mass is 10.1. The Morgan fingerprint density at radius 2 is 1.77 bits per heavy atom. The summed E-state index contributed by atoms with van der Waals surface area (Å²) in [5.74, 6) is -1.38. The average molecular weight is 429 g/mol. The minimum absolute atomic E-state index is 0.0536. The van der Waals surface area contributed by atoms with Crippen molar-refractivity contribution in [1.82, 2.24) is 0 Å². The summed E-state index contributed by atoms with van der Waals surface area (Å²) in [6, 6.07) is 19.0. The van der Waals surface area contributed by atoms with Crippen molar-refractivity contribution >= 4 is 17.7 Å². The van der Waals surface area contributed by atoms with E-state index in [1.54, 1.807) is 12.1 Å². The Bertz CT molecular complexity index is 1110. The van der Waals surface area contributed by atoms with Crippen molar-refractivity contribution in [2.45, 2.75) is 22.4 Å². The van der Waals surface area contributed by atoms with Crippen LogP contribution in [0.5, 0.6) is 11.5 Å². The van der Waals surface area contributed by atoms with Gasteiger partial charge in [-0.3, -0.25) is 4.79 Å². The smallest absolute Gasteiger partial charge is 0.416 e. The largest absolute Gasteiger partial charge is 0.481 e. The quantitative estimate of drug-likeness (QED) is 0.509. The zero-order valence-corrected chi connectivity index (χ0v) is 16.1. The molecule has 0 amide bonds. The van der Waals surface area contributed by atoms with Crippen molar-refractivity contribution in [3.8, 4) is 17.6 Å². The molecule has 0 saturated carbocycles. The molecule has 0 aliphatic rings. The third-order valence-corrected chi connectivity index (χ3v) is 4.92. The Hall–Kier alpha value is -3.44. The minimum Gasteiger partial charge on any atom is -0.481 e. The number of nitriles is 1. The second kappa shape index (κ2) is 8.93. The SMILES string of the molecule is N#Cc1cc(Sc2ccccc2)ccc1Oc1cc(CC(=O)O)cc(C(F)(F)F)c1. The predicted octanol–water partition coefficient (Wildman–Crippen LogP) is 6.15. The van der Waals surface area contributed by atoms with Crippen LogP contribution < -0.4 is 4.74 Å². The van der Waals surface area contributed by atoms with E-state index in [4.69, 9.17) is 9.84 Å². The van der Waals surface area contributed by atoms with Crippen LogP contribution in [0.3, 0.4) is 0 Å². The van der Waals surface area contributed by atoms with Gasteiger partial charge < -0.3 is 9.84 Å². The first-order valence-corrected chi connectivity index (χ1v) is 9.44. The third-order valence-electron chi connectivity index (χ3n) is 3.93. The average Bonchev–Trinajstić information content (AvgIpc) is 2.68. The van der Waals surface area contributed by atoms with Crippen LogP contribution in [0.25, 0.3) is 0 Å². The van der Waals surface area contributed by atoms with Gasteiger partial charge in [-0.05, 0) is 54.1 Å². The van der Waals surface area contributed by atoms with Crippen LogP contribution >= 0.6 is 11.8 Å². The summed E-state index contributed by atoms with van der Waals surface area (Å²) in [6.07, 6.45) is -5.25. The number of carbonyl (C=O) groups is 1. The predicted molar refractivity (Wildman–Crippen MR) is 105 cm³/mol. The number of alkyl halides is 3. The van der Waals surface area contributed by atoms with E-state index in [9.17, 15) is 23.2 Å². The van der Waals surface area contributed by atoms with Crippen molar-refractivity contribution in [3.63, 3.8) is 0 Å². The van der Waals surface area contributed by atoms with Crippen molar-refractivity contribution in [1.29, 1.82) is 5.26 Å². The number of benzene rings is 3. The first-order chi connectivity index (χ1) is 14.2. The molecule has 4 nitrogen and oxygen atoms in total. The number of hydrogen-bond donors (Lipinski definition) is 1. The molecule has 3 aromatic carbocycles. The molecule has 0 bridgehead atoms. The summed E-state index contributed by atoms with van der Waals surface area (Å²) in [6.45, 7) is 0.